The SMILES string of the molecule is CC(Cc1ccc(C(F)(F)F)cc1)NC(=O)C1CCC(N)C1. The predicted octanol–water partition coefficient (Wildman–Crippen LogP) is 2.88. The zero-order chi connectivity index (χ0) is 16.3. The highest BCUT2D eigenvalue weighted by molar-refractivity contribution is 5.79. The van der Waals surface area contributed by atoms with Crippen LogP contribution < -0.4 is 11.1 Å². The highest BCUT2D eigenvalue weighted by atomic mass is 19.4. The molecule has 0 saturated heterocycles. The molecule has 1 aromatic rings. The number of alkyl halides is 3. The molecule has 0 aliphatic heterocycles. The molecule has 1 fully saturated rings. The van der Waals surface area contributed by atoms with Crippen molar-refractivity contribution < 1.29 is 18.0 Å². The van der Waals surface area contributed by atoms with Crippen LogP contribution in [0.15, 0.2) is 24.3 Å². The van der Waals surface area contributed by atoms with Gasteiger partial charge < -0.3 is 11.1 Å². The van der Waals surface area contributed by atoms with Crippen LogP contribution in [0, 0.1) is 5.92 Å². The number of nitrogens with one attached hydrogen (secondary N) is 1. The molecule has 1 saturated carbocycles. The minimum absolute atomic E-state index is 0.00707. The van der Waals surface area contributed by atoms with Crippen LogP contribution >= 0.6 is 0 Å². The summed E-state index contributed by atoms with van der Waals surface area (Å²) in [5, 5.41) is 2.92. The lowest BCUT2D eigenvalue weighted by Crippen LogP contribution is -2.38. The van der Waals surface area contributed by atoms with Gasteiger partial charge in [-0.2, -0.15) is 13.2 Å². The maximum absolute atomic E-state index is 12.5. The number of hydrogen-bond donors (Lipinski definition) is 2. The van der Waals surface area contributed by atoms with Crippen molar-refractivity contribution in [2.45, 2.75) is 50.9 Å². The molecule has 0 heterocycles. The summed E-state index contributed by atoms with van der Waals surface area (Å²) in [5.41, 5.74) is 5.90. The Morgan fingerprint density at radius 3 is 2.45 bits per heavy atom. The molecular weight excluding hydrogens is 293 g/mol. The third-order valence-corrected chi connectivity index (χ3v) is 4.06. The van der Waals surface area contributed by atoms with Gasteiger partial charge in [0.2, 0.25) is 5.91 Å². The minimum atomic E-state index is -4.32. The summed E-state index contributed by atoms with van der Waals surface area (Å²) in [7, 11) is 0. The molecule has 3 atom stereocenters. The normalized spacial score (nSPS) is 23.3. The highest BCUT2D eigenvalue weighted by Gasteiger charge is 2.30. The quantitative estimate of drug-likeness (QED) is 0.898. The molecule has 22 heavy (non-hydrogen) atoms. The molecular formula is C16H21F3N2O. The molecule has 122 valence electrons. The number of carbonyl (C=O) groups excluding carboxylic acids is 1. The Morgan fingerprint density at radius 1 is 1.32 bits per heavy atom. The van der Waals surface area contributed by atoms with Crippen LogP contribution in [0.25, 0.3) is 0 Å². The van der Waals surface area contributed by atoms with Gasteiger partial charge in [0.15, 0.2) is 0 Å². The first-order chi connectivity index (χ1) is 10.3. The molecule has 1 amide bonds. The van der Waals surface area contributed by atoms with Crippen LogP contribution in [0.2, 0.25) is 0 Å². The summed E-state index contributed by atoms with van der Waals surface area (Å²) in [5.74, 6) is -0.0441. The van der Waals surface area contributed by atoms with Gasteiger partial charge in [0.1, 0.15) is 0 Å². The number of nitrogens with two attached hydrogens (primary N) is 1. The lowest BCUT2D eigenvalue weighted by atomic mass is 10.0. The van der Waals surface area contributed by atoms with Crippen LogP contribution in [0.1, 0.15) is 37.3 Å². The maximum Gasteiger partial charge on any atom is 0.416 e. The molecule has 0 radical (unpaired) electrons. The second-order valence-corrected chi connectivity index (χ2v) is 6.08. The van der Waals surface area contributed by atoms with E-state index < -0.39 is 11.7 Å². The molecule has 3 N–H and O–H groups in total. The molecule has 1 aliphatic carbocycles. The van der Waals surface area contributed by atoms with E-state index in [1.54, 1.807) is 0 Å². The van der Waals surface area contributed by atoms with Crippen molar-refractivity contribution in [3.63, 3.8) is 0 Å². The molecule has 3 unspecified atom stereocenters. The van der Waals surface area contributed by atoms with Crippen molar-refractivity contribution in [3.8, 4) is 0 Å². The standard InChI is InChI=1S/C16H21F3N2O/c1-10(21-15(22)12-4-7-14(20)9-12)8-11-2-5-13(6-3-11)16(17,18)19/h2-3,5-6,10,12,14H,4,7-9,20H2,1H3,(H,21,22). The van der Waals surface area contributed by atoms with Crippen LogP contribution in [0.3, 0.4) is 0 Å². The van der Waals surface area contributed by atoms with E-state index in [1.165, 1.54) is 12.1 Å². The van der Waals surface area contributed by atoms with E-state index >= 15 is 0 Å². The van der Waals surface area contributed by atoms with E-state index in [4.69, 9.17) is 5.73 Å². The van der Waals surface area contributed by atoms with Crippen LogP contribution in [-0.4, -0.2) is 18.0 Å². The average molecular weight is 314 g/mol. The number of hydrogen-bond acceptors (Lipinski definition) is 2. The number of benzene rings is 1. The second-order valence-electron chi connectivity index (χ2n) is 6.08. The summed E-state index contributed by atoms with van der Waals surface area (Å²) in [4.78, 5) is 12.1. The van der Waals surface area contributed by atoms with Crippen molar-refractivity contribution in [3.05, 3.63) is 35.4 Å². The molecule has 6 heteroatoms. The molecule has 0 spiro atoms. The number of carbonyl (C=O) groups is 1. The summed E-state index contributed by atoms with van der Waals surface area (Å²) < 4.78 is 37.5. The maximum atomic E-state index is 12.5. The van der Waals surface area contributed by atoms with Crippen molar-refractivity contribution in [1.29, 1.82) is 0 Å². The Labute approximate surface area is 128 Å². The monoisotopic (exact) mass is 314 g/mol. The largest absolute Gasteiger partial charge is 0.416 e. The van der Waals surface area contributed by atoms with E-state index in [2.05, 4.69) is 5.32 Å². The highest BCUT2D eigenvalue weighted by Crippen LogP contribution is 2.29. The van der Waals surface area contributed by atoms with Gasteiger partial charge >= 0.3 is 6.18 Å². The first-order valence-electron chi connectivity index (χ1n) is 7.48. The van der Waals surface area contributed by atoms with E-state index in [0.717, 1.165) is 30.5 Å². The fraction of sp³-hybridized carbons (Fsp3) is 0.562. The van der Waals surface area contributed by atoms with Gasteiger partial charge in [0, 0.05) is 18.0 Å². The Hall–Kier alpha value is -1.56. The topological polar surface area (TPSA) is 55.1 Å². The molecule has 0 aromatic heterocycles. The fourth-order valence-corrected chi connectivity index (χ4v) is 2.85. The first-order valence-corrected chi connectivity index (χ1v) is 7.48. The van der Waals surface area contributed by atoms with Gasteiger partial charge in [-0.05, 0) is 50.3 Å². The molecule has 1 aliphatic rings. The Kier molecular flexibility index (Phi) is 5.11. The third-order valence-electron chi connectivity index (χ3n) is 4.06. The van der Waals surface area contributed by atoms with Crippen LogP contribution in [0.5, 0.6) is 0 Å². The Bertz CT molecular complexity index is 513. The van der Waals surface area contributed by atoms with Gasteiger partial charge in [-0.25, -0.2) is 0 Å². The molecule has 2 rings (SSSR count). The number of halogens is 3. The van der Waals surface area contributed by atoms with Crippen molar-refractivity contribution >= 4 is 5.91 Å². The summed E-state index contributed by atoms with van der Waals surface area (Å²) in [6, 6.07) is 5.02. The van der Waals surface area contributed by atoms with Gasteiger partial charge in [0.25, 0.3) is 0 Å². The molecule has 3 nitrogen and oxygen atoms in total. The second kappa shape index (κ2) is 6.69. The first kappa shape index (κ1) is 16.8. The zero-order valence-corrected chi connectivity index (χ0v) is 12.5. The minimum Gasteiger partial charge on any atom is -0.353 e. The Morgan fingerprint density at radius 2 is 1.95 bits per heavy atom. The van der Waals surface area contributed by atoms with Crippen LogP contribution in [-0.2, 0) is 17.4 Å². The lowest BCUT2D eigenvalue weighted by Gasteiger charge is -2.17. The third kappa shape index (κ3) is 4.47. The van der Waals surface area contributed by atoms with E-state index in [0.29, 0.717) is 12.8 Å². The summed E-state index contributed by atoms with van der Waals surface area (Å²) in [6.45, 7) is 1.85. The molecule has 1 aromatic carbocycles. The van der Waals surface area contributed by atoms with Crippen molar-refractivity contribution in [2.75, 3.05) is 0 Å². The molecule has 0 bridgehead atoms. The average Bonchev–Trinajstić information content (AvgIpc) is 2.85. The van der Waals surface area contributed by atoms with Crippen molar-refractivity contribution in [2.24, 2.45) is 11.7 Å². The van der Waals surface area contributed by atoms with E-state index in [9.17, 15) is 18.0 Å². The Balaban J connectivity index is 1.86. The zero-order valence-electron chi connectivity index (χ0n) is 12.5. The van der Waals surface area contributed by atoms with Gasteiger partial charge in [-0.3, -0.25) is 4.79 Å². The summed E-state index contributed by atoms with van der Waals surface area (Å²) in [6.07, 6.45) is -1.44. The van der Waals surface area contributed by atoms with Gasteiger partial charge in [-0.15, -0.1) is 0 Å². The van der Waals surface area contributed by atoms with E-state index in [-0.39, 0.29) is 23.9 Å². The summed E-state index contributed by atoms with van der Waals surface area (Å²) >= 11 is 0. The van der Waals surface area contributed by atoms with Gasteiger partial charge in [-0.1, -0.05) is 12.1 Å². The number of amides is 1. The number of rotatable bonds is 4. The predicted molar refractivity (Wildman–Crippen MR) is 78.1 cm³/mol. The van der Waals surface area contributed by atoms with E-state index in [1.807, 2.05) is 6.92 Å². The fourth-order valence-electron chi connectivity index (χ4n) is 2.85. The lowest BCUT2D eigenvalue weighted by molar-refractivity contribution is -0.137. The van der Waals surface area contributed by atoms with Crippen LogP contribution in [0.4, 0.5) is 13.2 Å². The smallest absolute Gasteiger partial charge is 0.353 e. The van der Waals surface area contributed by atoms with Gasteiger partial charge in [0.05, 0.1) is 5.56 Å². The van der Waals surface area contributed by atoms with Crippen molar-refractivity contribution in [1.82, 2.24) is 5.32 Å².